The Labute approximate surface area is 182 Å². The molecule has 0 atom stereocenters. The Morgan fingerprint density at radius 3 is 2.48 bits per heavy atom. The van der Waals surface area contributed by atoms with E-state index in [1.165, 1.54) is 12.3 Å². The van der Waals surface area contributed by atoms with Gasteiger partial charge in [-0.05, 0) is 38.8 Å². The lowest BCUT2D eigenvalue weighted by Crippen LogP contribution is -2.45. The van der Waals surface area contributed by atoms with Crippen LogP contribution in [0.5, 0.6) is 0 Å². The van der Waals surface area contributed by atoms with Crippen LogP contribution in [0.3, 0.4) is 0 Å². The molecule has 0 radical (unpaired) electrons. The second-order valence-electron chi connectivity index (χ2n) is 9.00. The minimum Gasteiger partial charge on any atom is -0.477 e. The number of benzene rings is 1. The largest absolute Gasteiger partial charge is 0.477 e. The summed E-state index contributed by atoms with van der Waals surface area (Å²) in [5.74, 6) is -1.67. The van der Waals surface area contributed by atoms with Crippen molar-refractivity contribution in [1.82, 2.24) is 9.47 Å². The SMILES string of the molecule is CCCCCCc1c(N2CCN(C)CC2)c(F)cc2c(=O)c(C(=O)O)cn(C3CC3)c12. The van der Waals surface area contributed by atoms with Gasteiger partial charge in [0.05, 0.1) is 11.2 Å². The molecule has 7 heteroatoms. The zero-order chi connectivity index (χ0) is 22.1. The van der Waals surface area contributed by atoms with E-state index in [1.54, 1.807) is 0 Å². The molecule has 0 amide bonds. The molecule has 1 saturated carbocycles. The Hall–Kier alpha value is -2.41. The number of aromatic nitrogens is 1. The number of rotatable bonds is 8. The maximum atomic E-state index is 15.5. The zero-order valence-corrected chi connectivity index (χ0v) is 18.5. The molecule has 1 saturated heterocycles. The van der Waals surface area contributed by atoms with E-state index in [9.17, 15) is 14.7 Å². The Morgan fingerprint density at radius 1 is 1.16 bits per heavy atom. The summed E-state index contributed by atoms with van der Waals surface area (Å²) in [6.45, 7) is 5.36. The zero-order valence-electron chi connectivity index (χ0n) is 18.5. The number of hydrogen-bond donors (Lipinski definition) is 1. The number of carboxylic acid groups (broad SMARTS) is 1. The highest BCUT2D eigenvalue weighted by atomic mass is 19.1. The monoisotopic (exact) mass is 429 g/mol. The van der Waals surface area contributed by atoms with Crippen molar-refractivity contribution in [2.45, 2.75) is 57.9 Å². The summed E-state index contributed by atoms with van der Waals surface area (Å²) in [4.78, 5) is 29.0. The number of anilines is 1. The van der Waals surface area contributed by atoms with Crippen LogP contribution in [0.25, 0.3) is 10.9 Å². The van der Waals surface area contributed by atoms with Crippen molar-refractivity contribution in [3.63, 3.8) is 0 Å². The predicted molar refractivity (Wildman–Crippen MR) is 121 cm³/mol. The number of carboxylic acids is 1. The summed E-state index contributed by atoms with van der Waals surface area (Å²) in [6, 6.07) is 1.47. The van der Waals surface area contributed by atoms with E-state index in [0.717, 1.165) is 75.8 Å². The van der Waals surface area contributed by atoms with Crippen LogP contribution in [0.1, 0.15) is 67.4 Å². The molecular formula is C24H32FN3O3. The first kappa shape index (κ1) is 21.8. The van der Waals surface area contributed by atoms with Gasteiger partial charge in [0.2, 0.25) is 5.43 Å². The molecule has 0 spiro atoms. The Kier molecular flexibility index (Phi) is 6.32. The summed E-state index contributed by atoms with van der Waals surface area (Å²) in [7, 11) is 2.07. The van der Waals surface area contributed by atoms with E-state index in [2.05, 4.69) is 23.8 Å². The molecule has 1 aromatic carbocycles. The molecule has 1 aliphatic carbocycles. The summed E-state index contributed by atoms with van der Waals surface area (Å²) in [6.07, 6.45) is 8.30. The minimum absolute atomic E-state index is 0.182. The minimum atomic E-state index is -1.26. The Balaban J connectivity index is 1.92. The lowest BCUT2D eigenvalue weighted by molar-refractivity contribution is 0.0695. The molecule has 31 heavy (non-hydrogen) atoms. The van der Waals surface area contributed by atoms with Gasteiger partial charge in [-0.2, -0.15) is 0 Å². The molecule has 2 fully saturated rings. The lowest BCUT2D eigenvalue weighted by Gasteiger charge is -2.36. The van der Waals surface area contributed by atoms with E-state index in [0.29, 0.717) is 12.1 Å². The van der Waals surface area contributed by atoms with Crippen molar-refractivity contribution in [2.24, 2.45) is 0 Å². The van der Waals surface area contributed by atoms with Crippen molar-refractivity contribution in [3.8, 4) is 0 Å². The number of piperazine rings is 1. The number of carbonyl (C=O) groups is 1. The second kappa shape index (κ2) is 8.99. The predicted octanol–water partition coefficient (Wildman–Crippen LogP) is 4.05. The van der Waals surface area contributed by atoms with Crippen LogP contribution in [0, 0.1) is 5.82 Å². The summed E-state index contributed by atoms with van der Waals surface area (Å²) in [5, 5.41) is 9.76. The topological polar surface area (TPSA) is 65.8 Å². The molecule has 2 aliphatic rings. The van der Waals surface area contributed by atoms with Crippen LogP contribution in [-0.2, 0) is 6.42 Å². The Morgan fingerprint density at radius 2 is 1.87 bits per heavy atom. The highest BCUT2D eigenvalue weighted by molar-refractivity contribution is 5.95. The fourth-order valence-corrected chi connectivity index (χ4v) is 4.69. The standard InChI is InChI=1S/C24H32FN3O3/c1-3-4-5-6-7-17-21-18(14-20(25)22(17)27-12-10-26(2)11-13-27)23(29)19(24(30)31)15-28(21)16-8-9-16/h14-16H,3-13H2,1-2H3,(H,30,31). The summed E-state index contributed by atoms with van der Waals surface area (Å²) < 4.78 is 17.5. The van der Waals surface area contributed by atoms with E-state index in [4.69, 9.17) is 0 Å². The van der Waals surface area contributed by atoms with Crippen LogP contribution in [0.4, 0.5) is 10.1 Å². The Bertz CT molecular complexity index is 1040. The normalized spacial score (nSPS) is 17.5. The van der Waals surface area contributed by atoms with Gasteiger partial charge < -0.3 is 19.5 Å². The number of aryl methyl sites for hydroxylation is 1. The number of pyridine rings is 1. The highest BCUT2D eigenvalue weighted by Gasteiger charge is 2.31. The fourth-order valence-electron chi connectivity index (χ4n) is 4.69. The third kappa shape index (κ3) is 4.33. The number of unbranched alkanes of at least 4 members (excludes halogenated alkanes) is 3. The van der Waals surface area contributed by atoms with Crippen molar-refractivity contribution < 1.29 is 14.3 Å². The van der Waals surface area contributed by atoms with E-state index < -0.39 is 17.2 Å². The maximum absolute atomic E-state index is 15.5. The quantitative estimate of drug-likeness (QED) is 0.642. The van der Waals surface area contributed by atoms with Gasteiger partial charge in [0.15, 0.2) is 0 Å². The van der Waals surface area contributed by atoms with Crippen molar-refractivity contribution in [3.05, 3.63) is 39.4 Å². The van der Waals surface area contributed by atoms with Gasteiger partial charge in [-0.25, -0.2) is 9.18 Å². The smallest absolute Gasteiger partial charge is 0.341 e. The molecule has 2 heterocycles. The number of likely N-dealkylation sites (N-methyl/N-ethyl adjacent to an activating group) is 1. The first-order valence-electron chi connectivity index (χ1n) is 11.5. The molecule has 1 aromatic heterocycles. The molecule has 168 valence electrons. The van der Waals surface area contributed by atoms with E-state index in [-0.39, 0.29) is 17.0 Å². The van der Waals surface area contributed by atoms with Crippen molar-refractivity contribution >= 4 is 22.6 Å². The second-order valence-corrected chi connectivity index (χ2v) is 9.00. The van der Waals surface area contributed by atoms with E-state index >= 15 is 4.39 Å². The van der Waals surface area contributed by atoms with Gasteiger partial charge in [0, 0.05) is 49.4 Å². The third-order valence-electron chi connectivity index (χ3n) is 6.61. The molecular weight excluding hydrogens is 397 g/mol. The average molecular weight is 430 g/mol. The molecule has 6 nitrogen and oxygen atoms in total. The van der Waals surface area contributed by atoms with Gasteiger partial charge in [0.25, 0.3) is 0 Å². The maximum Gasteiger partial charge on any atom is 0.341 e. The molecule has 0 unspecified atom stereocenters. The summed E-state index contributed by atoms with van der Waals surface area (Å²) in [5.41, 5.74) is 1.36. The molecule has 2 aromatic rings. The molecule has 1 aliphatic heterocycles. The number of nitrogens with zero attached hydrogens (tertiary/aromatic N) is 3. The third-order valence-corrected chi connectivity index (χ3v) is 6.61. The van der Waals surface area contributed by atoms with Crippen LogP contribution < -0.4 is 10.3 Å². The average Bonchev–Trinajstić information content (AvgIpc) is 3.57. The van der Waals surface area contributed by atoms with Crippen molar-refractivity contribution in [2.75, 3.05) is 38.1 Å². The number of hydrogen-bond acceptors (Lipinski definition) is 4. The van der Waals surface area contributed by atoms with Crippen LogP contribution in [0.15, 0.2) is 17.1 Å². The highest BCUT2D eigenvalue weighted by Crippen LogP contribution is 2.41. The van der Waals surface area contributed by atoms with Crippen LogP contribution in [-0.4, -0.2) is 53.8 Å². The van der Waals surface area contributed by atoms with Gasteiger partial charge in [-0.15, -0.1) is 0 Å². The first-order chi connectivity index (χ1) is 14.9. The lowest BCUT2D eigenvalue weighted by atomic mass is 9.97. The molecule has 1 N–H and O–H groups in total. The van der Waals surface area contributed by atoms with Crippen molar-refractivity contribution in [1.29, 1.82) is 0 Å². The van der Waals surface area contributed by atoms with E-state index in [1.807, 2.05) is 4.57 Å². The molecule has 4 rings (SSSR count). The van der Waals surface area contributed by atoms with Gasteiger partial charge >= 0.3 is 5.97 Å². The van der Waals surface area contributed by atoms with Crippen LogP contribution in [0.2, 0.25) is 0 Å². The van der Waals surface area contributed by atoms with Gasteiger partial charge in [-0.3, -0.25) is 4.79 Å². The number of halogens is 1. The first-order valence-corrected chi connectivity index (χ1v) is 11.5. The molecule has 0 bridgehead atoms. The van der Waals surface area contributed by atoms with Crippen LogP contribution >= 0.6 is 0 Å². The number of aromatic carboxylic acids is 1. The fraction of sp³-hybridized carbons (Fsp3) is 0.583. The van der Waals surface area contributed by atoms with Gasteiger partial charge in [0.1, 0.15) is 11.4 Å². The number of fused-ring (bicyclic) bond motifs is 1. The summed E-state index contributed by atoms with van der Waals surface area (Å²) >= 11 is 0. The van der Waals surface area contributed by atoms with Gasteiger partial charge in [-0.1, -0.05) is 26.2 Å².